The van der Waals surface area contributed by atoms with E-state index < -0.39 is 29.4 Å². The van der Waals surface area contributed by atoms with Crippen molar-refractivity contribution in [3.05, 3.63) is 83.0 Å². The predicted molar refractivity (Wildman–Crippen MR) is 112 cm³/mol. The number of carbonyl (C=O) groups is 3. The Kier molecular flexibility index (Phi) is 5.14. The lowest BCUT2D eigenvalue weighted by molar-refractivity contribution is -0.127. The van der Waals surface area contributed by atoms with Crippen LogP contribution in [0.25, 0.3) is 16.8 Å². The SMILES string of the molecule is O=C(CN1C(=O)S/C(=C/c2ccccc2F)C1=O)Nc1cccc2ccccc12. The molecule has 1 fully saturated rings. The Bertz CT molecular complexity index is 1170. The molecule has 5 nitrogen and oxygen atoms in total. The molecule has 0 unspecified atom stereocenters. The van der Waals surface area contributed by atoms with Crippen LogP contribution < -0.4 is 5.32 Å². The van der Waals surface area contributed by atoms with Gasteiger partial charge in [-0.15, -0.1) is 0 Å². The Hall–Kier alpha value is -3.45. The van der Waals surface area contributed by atoms with Crippen LogP contribution >= 0.6 is 11.8 Å². The summed E-state index contributed by atoms with van der Waals surface area (Å²) in [6.45, 7) is -0.414. The Morgan fingerprint density at radius 2 is 1.72 bits per heavy atom. The predicted octanol–water partition coefficient (Wildman–Crippen LogP) is 4.65. The molecule has 1 saturated heterocycles. The molecule has 3 amide bonds. The van der Waals surface area contributed by atoms with Crippen LogP contribution in [0.1, 0.15) is 5.56 Å². The van der Waals surface area contributed by atoms with Crippen molar-refractivity contribution in [1.82, 2.24) is 4.90 Å². The number of amides is 3. The molecule has 0 spiro atoms. The molecule has 1 heterocycles. The zero-order chi connectivity index (χ0) is 20.4. The molecule has 1 aliphatic heterocycles. The van der Waals surface area contributed by atoms with Gasteiger partial charge in [-0.05, 0) is 35.4 Å². The van der Waals surface area contributed by atoms with Crippen LogP contribution in [0.5, 0.6) is 0 Å². The summed E-state index contributed by atoms with van der Waals surface area (Å²) in [7, 11) is 0. The van der Waals surface area contributed by atoms with Gasteiger partial charge in [0.25, 0.3) is 11.1 Å². The average Bonchev–Trinajstić information content (AvgIpc) is 2.97. The highest BCUT2D eigenvalue weighted by Crippen LogP contribution is 2.32. The molecule has 29 heavy (non-hydrogen) atoms. The molecular formula is C22H15FN2O3S. The number of hydrogen-bond acceptors (Lipinski definition) is 4. The molecule has 144 valence electrons. The lowest BCUT2D eigenvalue weighted by atomic mass is 10.1. The monoisotopic (exact) mass is 406 g/mol. The summed E-state index contributed by atoms with van der Waals surface area (Å²) in [5, 5.41) is 4.01. The van der Waals surface area contributed by atoms with Gasteiger partial charge in [-0.25, -0.2) is 4.39 Å². The molecule has 3 aromatic carbocycles. The molecule has 7 heteroatoms. The van der Waals surface area contributed by atoms with Crippen molar-refractivity contribution in [2.75, 3.05) is 11.9 Å². The van der Waals surface area contributed by atoms with Crippen molar-refractivity contribution < 1.29 is 18.8 Å². The highest BCUT2D eigenvalue weighted by Gasteiger charge is 2.36. The minimum atomic E-state index is -0.615. The second-order valence-corrected chi connectivity index (χ2v) is 7.36. The molecule has 0 bridgehead atoms. The molecule has 4 rings (SSSR count). The van der Waals surface area contributed by atoms with Crippen molar-refractivity contribution in [2.24, 2.45) is 0 Å². The van der Waals surface area contributed by atoms with E-state index in [1.54, 1.807) is 12.1 Å². The molecule has 0 radical (unpaired) electrons. The number of benzene rings is 3. The summed E-state index contributed by atoms with van der Waals surface area (Å²) in [5.74, 6) is -1.60. The van der Waals surface area contributed by atoms with Crippen molar-refractivity contribution in [3.8, 4) is 0 Å². The van der Waals surface area contributed by atoms with Crippen molar-refractivity contribution in [1.29, 1.82) is 0 Å². The molecule has 0 saturated carbocycles. The Morgan fingerprint density at radius 1 is 1.00 bits per heavy atom. The van der Waals surface area contributed by atoms with Gasteiger partial charge in [0.15, 0.2) is 0 Å². The van der Waals surface area contributed by atoms with Gasteiger partial charge in [-0.1, -0.05) is 54.6 Å². The molecule has 3 aromatic rings. The lowest BCUT2D eigenvalue weighted by Crippen LogP contribution is -2.36. The Labute approximate surface area is 170 Å². The fourth-order valence-corrected chi connectivity index (χ4v) is 3.87. The minimum Gasteiger partial charge on any atom is -0.324 e. The lowest BCUT2D eigenvalue weighted by Gasteiger charge is -2.13. The van der Waals surface area contributed by atoms with E-state index in [0.29, 0.717) is 17.4 Å². The maximum absolute atomic E-state index is 13.8. The quantitative estimate of drug-likeness (QED) is 0.641. The van der Waals surface area contributed by atoms with Gasteiger partial charge in [0.05, 0.1) is 4.91 Å². The van der Waals surface area contributed by atoms with E-state index in [1.165, 1.54) is 24.3 Å². The summed E-state index contributed by atoms with van der Waals surface area (Å²) in [5.41, 5.74) is 0.806. The minimum absolute atomic E-state index is 0.0815. The molecular weight excluding hydrogens is 391 g/mol. The summed E-state index contributed by atoms with van der Waals surface area (Å²) < 4.78 is 13.8. The number of fused-ring (bicyclic) bond motifs is 1. The fourth-order valence-electron chi connectivity index (χ4n) is 3.04. The van der Waals surface area contributed by atoms with E-state index in [-0.39, 0.29) is 10.5 Å². The van der Waals surface area contributed by atoms with Gasteiger partial charge < -0.3 is 5.32 Å². The van der Waals surface area contributed by atoms with Crippen molar-refractivity contribution >= 4 is 51.4 Å². The maximum atomic E-state index is 13.8. The third kappa shape index (κ3) is 3.90. The van der Waals surface area contributed by atoms with Crippen LogP contribution in [0.4, 0.5) is 14.9 Å². The standard InChI is InChI=1S/C22H15FN2O3S/c23-17-10-4-2-7-15(17)12-19-21(27)25(22(28)29-19)13-20(26)24-18-11-5-8-14-6-1-3-9-16(14)18/h1-12H,13H2,(H,24,26)/b19-12+. The molecule has 0 atom stereocenters. The van der Waals surface area contributed by atoms with E-state index in [1.807, 2.05) is 36.4 Å². The number of anilines is 1. The van der Waals surface area contributed by atoms with Crippen molar-refractivity contribution in [2.45, 2.75) is 0 Å². The first-order chi connectivity index (χ1) is 14.0. The van der Waals surface area contributed by atoms with E-state index in [4.69, 9.17) is 0 Å². The summed E-state index contributed by atoms with van der Waals surface area (Å²) >= 11 is 0.688. The second-order valence-electron chi connectivity index (χ2n) is 6.36. The fraction of sp³-hybridized carbons (Fsp3) is 0.0455. The number of hydrogen-bond donors (Lipinski definition) is 1. The molecule has 0 aromatic heterocycles. The number of imide groups is 1. The highest BCUT2D eigenvalue weighted by molar-refractivity contribution is 8.18. The summed E-state index contributed by atoms with van der Waals surface area (Å²) in [6.07, 6.45) is 1.32. The van der Waals surface area contributed by atoms with Crippen molar-refractivity contribution in [3.63, 3.8) is 0 Å². The van der Waals surface area contributed by atoms with Crippen LogP contribution in [0.3, 0.4) is 0 Å². The van der Waals surface area contributed by atoms with E-state index in [0.717, 1.165) is 15.7 Å². The Balaban J connectivity index is 1.50. The largest absolute Gasteiger partial charge is 0.324 e. The summed E-state index contributed by atoms with van der Waals surface area (Å²) in [6, 6.07) is 19.0. The topological polar surface area (TPSA) is 66.5 Å². The number of thioether (sulfide) groups is 1. The van der Waals surface area contributed by atoms with Gasteiger partial charge >= 0.3 is 0 Å². The zero-order valence-electron chi connectivity index (χ0n) is 15.1. The molecule has 1 N–H and O–H groups in total. The van der Waals surface area contributed by atoms with Gasteiger partial charge in [0.2, 0.25) is 5.91 Å². The molecule has 0 aliphatic carbocycles. The first kappa shape index (κ1) is 18.9. The van der Waals surface area contributed by atoms with Crippen LogP contribution in [0.15, 0.2) is 71.6 Å². The zero-order valence-corrected chi connectivity index (χ0v) is 15.9. The van der Waals surface area contributed by atoms with Crippen LogP contribution in [0.2, 0.25) is 0 Å². The highest BCUT2D eigenvalue weighted by atomic mass is 32.2. The number of nitrogens with zero attached hydrogens (tertiary/aromatic N) is 1. The van der Waals surface area contributed by atoms with Gasteiger partial charge in [-0.3, -0.25) is 19.3 Å². The summed E-state index contributed by atoms with van der Waals surface area (Å²) in [4.78, 5) is 38.2. The third-order valence-corrected chi connectivity index (χ3v) is 5.34. The van der Waals surface area contributed by atoms with E-state index in [9.17, 15) is 18.8 Å². The van der Waals surface area contributed by atoms with Gasteiger partial charge in [-0.2, -0.15) is 0 Å². The van der Waals surface area contributed by atoms with Crippen LogP contribution in [-0.4, -0.2) is 28.5 Å². The average molecular weight is 406 g/mol. The number of nitrogens with one attached hydrogen (secondary N) is 1. The normalized spacial score (nSPS) is 15.3. The molecule has 1 aliphatic rings. The number of halogens is 1. The van der Waals surface area contributed by atoms with E-state index in [2.05, 4.69) is 5.32 Å². The number of carbonyl (C=O) groups excluding carboxylic acids is 3. The Morgan fingerprint density at radius 3 is 2.55 bits per heavy atom. The van der Waals surface area contributed by atoms with Gasteiger partial charge in [0, 0.05) is 16.6 Å². The first-order valence-electron chi connectivity index (χ1n) is 8.80. The van der Waals surface area contributed by atoms with E-state index >= 15 is 0 Å². The van der Waals surface area contributed by atoms with Crippen LogP contribution in [-0.2, 0) is 9.59 Å². The third-order valence-electron chi connectivity index (χ3n) is 4.43. The van der Waals surface area contributed by atoms with Crippen LogP contribution in [0, 0.1) is 5.82 Å². The maximum Gasteiger partial charge on any atom is 0.294 e. The number of rotatable bonds is 4. The van der Waals surface area contributed by atoms with Gasteiger partial charge in [0.1, 0.15) is 12.4 Å². The smallest absolute Gasteiger partial charge is 0.294 e. The second kappa shape index (κ2) is 7.89. The first-order valence-corrected chi connectivity index (χ1v) is 9.62.